The maximum absolute atomic E-state index is 12.6. The summed E-state index contributed by atoms with van der Waals surface area (Å²) >= 11 is 7.39. The fraction of sp³-hybridized carbons (Fsp3) is 0.200. The number of nitrogens with one attached hydrogen (secondary N) is 1. The molecule has 0 unspecified atom stereocenters. The SMILES string of the molecule is C[C@@]1(c2cccs2)NC(=O)N(Cc2cccc(Cl)c2)C1=O. The zero-order valence-electron chi connectivity index (χ0n) is 11.3. The van der Waals surface area contributed by atoms with Crippen LogP contribution in [-0.2, 0) is 16.9 Å². The molecule has 0 spiro atoms. The lowest BCUT2D eigenvalue weighted by atomic mass is 10.0. The summed E-state index contributed by atoms with van der Waals surface area (Å²) in [6.07, 6.45) is 0. The average molecular weight is 321 g/mol. The fourth-order valence-electron chi connectivity index (χ4n) is 2.39. The van der Waals surface area contributed by atoms with E-state index in [9.17, 15) is 9.59 Å². The molecule has 1 aliphatic rings. The van der Waals surface area contributed by atoms with Crippen LogP contribution in [-0.4, -0.2) is 16.8 Å². The van der Waals surface area contributed by atoms with Crippen LogP contribution in [0.2, 0.25) is 5.02 Å². The predicted molar refractivity (Wildman–Crippen MR) is 82.2 cm³/mol. The van der Waals surface area contributed by atoms with Crippen molar-refractivity contribution in [3.8, 4) is 0 Å². The van der Waals surface area contributed by atoms with Gasteiger partial charge in [0.2, 0.25) is 0 Å². The first-order valence-electron chi connectivity index (χ1n) is 6.43. The third kappa shape index (κ3) is 2.43. The van der Waals surface area contributed by atoms with E-state index in [1.165, 1.54) is 16.2 Å². The largest absolute Gasteiger partial charge is 0.325 e. The second-order valence-corrected chi connectivity index (χ2v) is 6.44. The maximum atomic E-state index is 12.6. The van der Waals surface area contributed by atoms with Crippen molar-refractivity contribution in [1.29, 1.82) is 0 Å². The molecule has 1 saturated heterocycles. The number of hydrogen-bond donors (Lipinski definition) is 1. The van der Waals surface area contributed by atoms with Gasteiger partial charge in [-0.15, -0.1) is 11.3 Å². The standard InChI is InChI=1S/C15H13ClN2O2S/c1-15(12-6-3-7-21-12)13(19)18(14(20)17-15)9-10-4-2-5-11(16)8-10/h2-8H,9H2,1H3,(H,17,20)/t15-/m0/s1. The first kappa shape index (κ1) is 14.1. The Kier molecular flexibility index (Phi) is 3.47. The summed E-state index contributed by atoms with van der Waals surface area (Å²) in [5.41, 5.74) is -0.162. The van der Waals surface area contributed by atoms with Crippen molar-refractivity contribution in [1.82, 2.24) is 10.2 Å². The molecule has 1 aromatic carbocycles. The Bertz CT molecular complexity index is 701. The van der Waals surface area contributed by atoms with Crippen molar-refractivity contribution in [2.75, 3.05) is 0 Å². The van der Waals surface area contributed by atoms with Crippen LogP contribution in [0.1, 0.15) is 17.4 Å². The topological polar surface area (TPSA) is 49.4 Å². The number of rotatable bonds is 3. The lowest BCUT2D eigenvalue weighted by molar-refractivity contribution is -0.131. The summed E-state index contributed by atoms with van der Waals surface area (Å²) in [4.78, 5) is 26.8. The molecule has 0 saturated carbocycles. The van der Waals surface area contributed by atoms with E-state index in [2.05, 4.69) is 5.32 Å². The summed E-state index contributed by atoms with van der Waals surface area (Å²) < 4.78 is 0. The van der Waals surface area contributed by atoms with Gasteiger partial charge in [0.1, 0.15) is 0 Å². The molecular weight excluding hydrogens is 308 g/mol. The lowest BCUT2D eigenvalue weighted by Gasteiger charge is -2.20. The van der Waals surface area contributed by atoms with Gasteiger partial charge in [-0.1, -0.05) is 29.8 Å². The van der Waals surface area contributed by atoms with Gasteiger partial charge in [0, 0.05) is 9.90 Å². The number of halogens is 1. The van der Waals surface area contributed by atoms with Crippen molar-refractivity contribution >= 4 is 34.9 Å². The number of hydrogen-bond acceptors (Lipinski definition) is 3. The number of carbonyl (C=O) groups excluding carboxylic acids is 2. The number of carbonyl (C=O) groups is 2. The van der Waals surface area contributed by atoms with Crippen LogP contribution in [0.4, 0.5) is 4.79 Å². The van der Waals surface area contributed by atoms with Crippen LogP contribution in [0.15, 0.2) is 41.8 Å². The first-order valence-corrected chi connectivity index (χ1v) is 7.69. The number of amides is 3. The van der Waals surface area contributed by atoms with Gasteiger partial charge in [0.05, 0.1) is 6.54 Å². The van der Waals surface area contributed by atoms with Gasteiger partial charge in [-0.25, -0.2) is 4.79 Å². The molecule has 108 valence electrons. The Morgan fingerprint density at radius 3 is 2.76 bits per heavy atom. The zero-order valence-corrected chi connectivity index (χ0v) is 12.9. The van der Waals surface area contributed by atoms with Crippen LogP contribution >= 0.6 is 22.9 Å². The number of imide groups is 1. The molecule has 1 atom stereocenters. The highest BCUT2D eigenvalue weighted by Crippen LogP contribution is 2.32. The molecule has 0 bridgehead atoms. The molecule has 2 aromatic rings. The highest BCUT2D eigenvalue weighted by atomic mass is 35.5. The molecule has 1 aromatic heterocycles. The van der Waals surface area contributed by atoms with Crippen molar-refractivity contribution in [2.24, 2.45) is 0 Å². The van der Waals surface area contributed by atoms with E-state index in [-0.39, 0.29) is 18.5 Å². The molecule has 0 aliphatic carbocycles. The molecule has 3 amide bonds. The van der Waals surface area contributed by atoms with Crippen molar-refractivity contribution in [3.05, 3.63) is 57.2 Å². The minimum Gasteiger partial charge on any atom is -0.319 e. The maximum Gasteiger partial charge on any atom is 0.325 e. The van der Waals surface area contributed by atoms with Crippen LogP contribution in [0.3, 0.4) is 0 Å². The molecule has 4 nitrogen and oxygen atoms in total. The highest BCUT2D eigenvalue weighted by molar-refractivity contribution is 7.10. The van der Waals surface area contributed by atoms with Crippen LogP contribution < -0.4 is 5.32 Å². The summed E-state index contributed by atoms with van der Waals surface area (Å²) in [6.45, 7) is 1.95. The Morgan fingerprint density at radius 2 is 2.10 bits per heavy atom. The van der Waals surface area contributed by atoms with Gasteiger partial charge in [-0.2, -0.15) is 0 Å². The number of thiophene rings is 1. The Balaban J connectivity index is 1.88. The van der Waals surface area contributed by atoms with E-state index in [4.69, 9.17) is 11.6 Å². The summed E-state index contributed by atoms with van der Waals surface area (Å²) in [5, 5.41) is 5.25. The van der Waals surface area contributed by atoms with E-state index in [1.54, 1.807) is 25.1 Å². The molecule has 2 heterocycles. The van der Waals surface area contributed by atoms with Crippen LogP contribution in [0, 0.1) is 0 Å². The number of benzene rings is 1. The van der Waals surface area contributed by atoms with E-state index < -0.39 is 5.54 Å². The summed E-state index contributed by atoms with van der Waals surface area (Å²) in [6, 6.07) is 10.5. The molecule has 1 fully saturated rings. The summed E-state index contributed by atoms with van der Waals surface area (Å²) in [5.74, 6) is -0.241. The van der Waals surface area contributed by atoms with Gasteiger partial charge in [0.15, 0.2) is 5.54 Å². The third-order valence-electron chi connectivity index (χ3n) is 3.52. The average Bonchev–Trinajstić information content (AvgIpc) is 3.04. The molecule has 3 rings (SSSR count). The number of nitrogens with zero attached hydrogens (tertiary/aromatic N) is 1. The molecular formula is C15H13ClN2O2S. The summed E-state index contributed by atoms with van der Waals surface area (Å²) in [7, 11) is 0. The minimum absolute atomic E-state index is 0.214. The molecule has 1 N–H and O–H groups in total. The molecule has 0 radical (unpaired) electrons. The van der Waals surface area contributed by atoms with Crippen molar-refractivity contribution < 1.29 is 9.59 Å². The minimum atomic E-state index is -0.982. The second kappa shape index (κ2) is 5.16. The highest BCUT2D eigenvalue weighted by Gasteiger charge is 2.49. The molecule has 6 heteroatoms. The smallest absolute Gasteiger partial charge is 0.319 e. The van der Waals surface area contributed by atoms with Gasteiger partial charge in [0.25, 0.3) is 5.91 Å². The Labute approximate surface area is 131 Å². The second-order valence-electron chi connectivity index (χ2n) is 5.05. The van der Waals surface area contributed by atoms with E-state index in [0.29, 0.717) is 5.02 Å². The fourth-order valence-corrected chi connectivity index (χ4v) is 3.44. The van der Waals surface area contributed by atoms with Gasteiger partial charge in [-0.3, -0.25) is 9.69 Å². The quantitative estimate of drug-likeness (QED) is 0.881. The Morgan fingerprint density at radius 1 is 1.29 bits per heavy atom. The Hall–Kier alpha value is -1.85. The predicted octanol–water partition coefficient (Wildman–Crippen LogP) is 3.37. The normalized spacial score (nSPS) is 21.7. The van der Waals surface area contributed by atoms with E-state index >= 15 is 0 Å². The monoisotopic (exact) mass is 320 g/mol. The van der Waals surface area contributed by atoms with Gasteiger partial charge in [-0.05, 0) is 36.1 Å². The van der Waals surface area contributed by atoms with Crippen molar-refractivity contribution in [3.63, 3.8) is 0 Å². The lowest BCUT2D eigenvalue weighted by Crippen LogP contribution is -2.40. The van der Waals surface area contributed by atoms with Gasteiger partial charge >= 0.3 is 6.03 Å². The first-order chi connectivity index (χ1) is 10.0. The van der Waals surface area contributed by atoms with E-state index in [1.807, 2.05) is 23.6 Å². The molecule has 21 heavy (non-hydrogen) atoms. The van der Waals surface area contributed by atoms with Crippen LogP contribution in [0.25, 0.3) is 0 Å². The van der Waals surface area contributed by atoms with Gasteiger partial charge < -0.3 is 5.32 Å². The van der Waals surface area contributed by atoms with Crippen molar-refractivity contribution in [2.45, 2.75) is 19.0 Å². The third-order valence-corrected chi connectivity index (χ3v) is 4.85. The zero-order chi connectivity index (χ0) is 15.0. The number of urea groups is 1. The van der Waals surface area contributed by atoms with Crippen LogP contribution in [0.5, 0.6) is 0 Å². The molecule has 1 aliphatic heterocycles. The van der Waals surface area contributed by atoms with E-state index in [0.717, 1.165) is 10.4 Å².